The molecule has 1 aliphatic heterocycles. The molecule has 1 fully saturated rings. The second kappa shape index (κ2) is 5.52. The minimum absolute atomic E-state index is 0.160. The van der Waals surface area contributed by atoms with Crippen molar-refractivity contribution in [2.24, 2.45) is 0 Å². The van der Waals surface area contributed by atoms with Crippen molar-refractivity contribution in [3.63, 3.8) is 0 Å². The summed E-state index contributed by atoms with van der Waals surface area (Å²) in [6, 6.07) is 5.54. The third kappa shape index (κ3) is 2.97. The highest BCUT2D eigenvalue weighted by atomic mass is 35.5. The van der Waals surface area contributed by atoms with Gasteiger partial charge in [0.15, 0.2) is 5.78 Å². The van der Waals surface area contributed by atoms with E-state index in [1.807, 2.05) is 39.0 Å². The molecule has 0 aromatic heterocycles. The van der Waals surface area contributed by atoms with Crippen molar-refractivity contribution in [3.8, 4) is 0 Å². The van der Waals surface area contributed by atoms with Gasteiger partial charge in [-0.05, 0) is 45.2 Å². The fourth-order valence-corrected chi connectivity index (χ4v) is 4.03. The van der Waals surface area contributed by atoms with E-state index in [0.717, 1.165) is 24.0 Å². The Balaban J connectivity index is 1.78. The molecule has 0 bridgehead atoms. The number of piperidine rings is 1. The zero-order valence-corrected chi connectivity index (χ0v) is 14.6. The third-order valence-corrected chi connectivity index (χ3v) is 5.03. The van der Waals surface area contributed by atoms with E-state index in [-0.39, 0.29) is 17.3 Å². The molecular weight excluding hydrogens is 314 g/mol. The molecule has 1 aliphatic carbocycles. The SMILES string of the molecule is CC(C)(C)OC(=O)N1CCC2(CC1)CC(=O)c1cccc(Cl)c12. The fourth-order valence-electron chi connectivity index (χ4n) is 3.66. The maximum absolute atomic E-state index is 12.3. The van der Waals surface area contributed by atoms with Gasteiger partial charge in [0.05, 0.1) is 0 Å². The number of nitrogens with zero attached hydrogens (tertiary/aromatic N) is 1. The molecule has 3 rings (SSSR count). The number of amides is 1. The second-order valence-electron chi connectivity index (χ2n) is 7.51. The number of carbonyl (C=O) groups is 2. The van der Waals surface area contributed by atoms with Gasteiger partial charge in [-0.15, -0.1) is 0 Å². The van der Waals surface area contributed by atoms with Gasteiger partial charge in [0.1, 0.15) is 5.60 Å². The van der Waals surface area contributed by atoms with Gasteiger partial charge in [-0.3, -0.25) is 4.79 Å². The van der Waals surface area contributed by atoms with Crippen LogP contribution in [0.4, 0.5) is 4.79 Å². The normalized spacial score (nSPS) is 19.8. The topological polar surface area (TPSA) is 46.6 Å². The highest BCUT2D eigenvalue weighted by Crippen LogP contribution is 2.49. The number of benzene rings is 1. The number of hydrogen-bond donors (Lipinski definition) is 0. The molecule has 0 unspecified atom stereocenters. The first kappa shape index (κ1) is 16.3. The Kier molecular flexibility index (Phi) is 3.91. The lowest BCUT2D eigenvalue weighted by molar-refractivity contribution is 0.0166. The molecule has 1 spiro atoms. The first-order valence-electron chi connectivity index (χ1n) is 8.02. The second-order valence-corrected chi connectivity index (χ2v) is 7.92. The van der Waals surface area contributed by atoms with Gasteiger partial charge in [-0.2, -0.15) is 0 Å². The minimum Gasteiger partial charge on any atom is -0.444 e. The number of fused-ring (bicyclic) bond motifs is 2. The van der Waals surface area contributed by atoms with Crippen LogP contribution in [0, 0.1) is 0 Å². The van der Waals surface area contributed by atoms with Gasteiger partial charge in [0, 0.05) is 35.5 Å². The number of carbonyl (C=O) groups excluding carboxylic acids is 2. The maximum Gasteiger partial charge on any atom is 0.410 e. The molecule has 1 saturated heterocycles. The fraction of sp³-hybridized carbons (Fsp3) is 0.556. The van der Waals surface area contributed by atoms with Crippen LogP contribution in [-0.4, -0.2) is 35.5 Å². The van der Waals surface area contributed by atoms with Crippen LogP contribution in [0.15, 0.2) is 18.2 Å². The molecule has 0 radical (unpaired) electrons. The Bertz CT molecular complexity index is 655. The summed E-state index contributed by atoms with van der Waals surface area (Å²) in [5, 5.41) is 0.666. The van der Waals surface area contributed by atoms with Crippen LogP contribution in [0.1, 0.15) is 56.0 Å². The summed E-state index contributed by atoms with van der Waals surface area (Å²) in [6.45, 7) is 6.77. The van der Waals surface area contributed by atoms with Crippen LogP contribution in [0.3, 0.4) is 0 Å². The molecule has 0 saturated carbocycles. The van der Waals surface area contributed by atoms with Crippen LogP contribution in [0.5, 0.6) is 0 Å². The van der Waals surface area contributed by atoms with Crippen molar-refractivity contribution >= 4 is 23.5 Å². The van der Waals surface area contributed by atoms with E-state index in [2.05, 4.69) is 0 Å². The average molecular weight is 336 g/mol. The Morgan fingerprint density at radius 3 is 2.52 bits per heavy atom. The molecule has 23 heavy (non-hydrogen) atoms. The van der Waals surface area contributed by atoms with Gasteiger partial charge in [0.25, 0.3) is 0 Å². The van der Waals surface area contributed by atoms with Crippen molar-refractivity contribution in [1.29, 1.82) is 0 Å². The molecule has 1 aromatic rings. The molecule has 1 heterocycles. The molecule has 2 aliphatic rings. The first-order valence-corrected chi connectivity index (χ1v) is 8.40. The van der Waals surface area contributed by atoms with E-state index in [9.17, 15) is 9.59 Å². The van der Waals surface area contributed by atoms with Gasteiger partial charge in [-0.25, -0.2) is 4.79 Å². The quantitative estimate of drug-likeness (QED) is 0.714. The molecule has 1 aromatic carbocycles. The lowest BCUT2D eigenvalue weighted by atomic mass is 9.74. The predicted molar refractivity (Wildman–Crippen MR) is 89.1 cm³/mol. The summed E-state index contributed by atoms with van der Waals surface area (Å²) in [4.78, 5) is 26.3. The first-order chi connectivity index (χ1) is 10.7. The van der Waals surface area contributed by atoms with Crippen LogP contribution < -0.4 is 0 Å². The lowest BCUT2D eigenvalue weighted by Crippen LogP contribution is -2.46. The maximum atomic E-state index is 12.3. The summed E-state index contributed by atoms with van der Waals surface area (Å²) in [5.41, 5.74) is 1.02. The van der Waals surface area contributed by atoms with Gasteiger partial charge < -0.3 is 9.64 Å². The number of ether oxygens (including phenoxy) is 1. The highest BCUT2D eigenvalue weighted by Gasteiger charge is 2.47. The number of hydrogen-bond acceptors (Lipinski definition) is 3. The molecule has 1 amide bonds. The van der Waals surface area contributed by atoms with Crippen molar-refractivity contribution in [2.75, 3.05) is 13.1 Å². The third-order valence-electron chi connectivity index (χ3n) is 4.72. The number of rotatable bonds is 0. The van der Waals surface area contributed by atoms with Crippen LogP contribution >= 0.6 is 11.6 Å². The van der Waals surface area contributed by atoms with Gasteiger partial charge in [0.2, 0.25) is 0 Å². The highest BCUT2D eigenvalue weighted by molar-refractivity contribution is 6.32. The molecule has 0 N–H and O–H groups in total. The Labute approximate surface area is 141 Å². The van der Waals surface area contributed by atoms with E-state index < -0.39 is 5.60 Å². The number of ketones is 1. The van der Waals surface area contributed by atoms with Crippen molar-refractivity contribution in [3.05, 3.63) is 34.3 Å². The Hall–Kier alpha value is -1.55. The summed E-state index contributed by atoms with van der Waals surface area (Å²) in [6.07, 6.45) is 1.70. The summed E-state index contributed by atoms with van der Waals surface area (Å²) in [7, 11) is 0. The summed E-state index contributed by atoms with van der Waals surface area (Å²) < 4.78 is 5.44. The molecule has 4 nitrogen and oxygen atoms in total. The van der Waals surface area contributed by atoms with E-state index in [0.29, 0.717) is 24.5 Å². The van der Waals surface area contributed by atoms with Crippen molar-refractivity contribution < 1.29 is 14.3 Å². The zero-order chi connectivity index (χ0) is 16.8. The standard InChI is InChI=1S/C18H22ClNO3/c1-17(2,3)23-16(22)20-9-7-18(8-10-20)11-14(21)12-5-4-6-13(19)15(12)18/h4-6H,7-11H2,1-3H3. The van der Waals surface area contributed by atoms with Crippen molar-refractivity contribution in [1.82, 2.24) is 4.90 Å². The number of halogens is 1. The summed E-state index contributed by atoms with van der Waals surface area (Å²) >= 11 is 6.39. The molecule has 5 heteroatoms. The van der Waals surface area contributed by atoms with E-state index in [1.165, 1.54) is 0 Å². The summed E-state index contributed by atoms with van der Waals surface area (Å²) in [5.74, 6) is 0.160. The van der Waals surface area contributed by atoms with Crippen LogP contribution in [0.2, 0.25) is 5.02 Å². The van der Waals surface area contributed by atoms with Crippen molar-refractivity contribution in [2.45, 2.75) is 51.0 Å². The van der Waals surface area contributed by atoms with Crippen LogP contribution in [-0.2, 0) is 10.2 Å². The zero-order valence-electron chi connectivity index (χ0n) is 13.8. The molecular formula is C18H22ClNO3. The monoisotopic (exact) mass is 335 g/mol. The van der Waals surface area contributed by atoms with E-state index in [4.69, 9.17) is 16.3 Å². The van der Waals surface area contributed by atoms with Crippen LogP contribution in [0.25, 0.3) is 0 Å². The number of Topliss-reactive ketones (excluding diaryl/α,β-unsaturated/α-hetero) is 1. The predicted octanol–water partition coefficient (Wildman–Crippen LogP) is 4.20. The number of likely N-dealkylation sites (tertiary alicyclic amines) is 1. The minimum atomic E-state index is -0.495. The smallest absolute Gasteiger partial charge is 0.410 e. The Morgan fingerprint density at radius 2 is 1.91 bits per heavy atom. The Morgan fingerprint density at radius 1 is 1.26 bits per heavy atom. The largest absolute Gasteiger partial charge is 0.444 e. The van der Waals surface area contributed by atoms with Gasteiger partial charge >= 0.3 is 6.09 Å². The van der Waals surface area contributed by atoms with E-state index >= 15 is 0 Å². The van der Waals surface area contributed by atoms with E-state index in [1.54, 1.807) is 4.90 Å². The lowest BCUT2D eigenvalue weighted by Gasteiger charge is -2.40. The average Bonchev–Trinajstić information content (AvgIpc) is 2.72. The van der Waals surface area contributed by atoms with Gasteiger partial charge in [-0.1, -0.05) is 23.7 Å². The molecule has 0 atom stereocenters. The molecule has 124 valence electrons.